The second-order valence-electron chi connectivity index (χ2n) is 8.66. The minimum absolute atomic E-state index is 0.189. The van der Waals surface area contributed by atoms with Gasteiger partial charge in [0, 0.05) is 5.69 Å². The molecule has 0 radical (unpaired) electrons. The molecule has 0 fully saturated rings. The van der Waals surface area contributed by atoms with Crippen molar-refractivity contribution in [3.63, 3.8) is 0 Å². The van der Waals surface area contributed by atoms with Crippen LogP contribution in [0.2, 0.25) is 0 Å². The molecule has 2 aliphatic rings. The van der Waals surface area contributed by atoms with Crippen molar-refractivity contribution in [3.8, 4) is 0 Å². The lowest BCUT2D eigenvalue weighted by molar-refractivity contribution is 0.0735. The number of benzene rings is 1. The number of nitrogens with two attached hydrogens (primary N) is 1. The number of aliphatic hydroxyl groups is 1. The summed E-state index contributed by atoms with van der Waals surface area (Å²) in [6.07, 6.45) is 6.05. The molecule has 1 heterocycles. The van der Waals surface area contributed by atoms with Gasteiger partial charge in [0.25, 0.3) is 0 Å². The van der Waals surface area contributed by atoms with Crippen molar-refractivity contribution in [2.75, 3.05) is 5.32 Å². The number of fused-ring (bicyclic) bond motifs is 2. The number of urea groups is 1. The molecule has 2 amide bonds. The van der Waals surface area contributed by atoms with Gasteiger partial charge in [0.05, 0.1) is 16.3 Å². The molecule has 0 unspecified atom stereocenters. The molecule has 0 spiro atoms. The summed E-state index contributed by atoms with van der Waals surface area (Å²) in [6.45, 7) is 4.87. The molecule has 7 nitrogen and oxygen atoms in total. The topological polar surface area (TPSA) is 118 Å². The summed E-state index contributed by atoms with van der Waals surface area (Å²) in [4.78, 5) is 17.2. The van der Waals surface area contributed by atoms with Gasteiger partial charge in [0.15, 0.2) is 0 Å². The average Bonchev–Trinajstić information content (AvgIpc) is 3.28. The number of anilines is 1. The van der Waals surface area contributed by atoms with E-state index in [2.05, 4.69) is 20.7 Å². The van der Waals surface area contributed by atoms with Gasteiger partial charge in [-0.05, 0) is 93.7 Å². The zero-order valence-corrected chi connectivity index (χ0v) is 18.4. The number of amides is 2. The molecule has 8 heteroatoms. The number of aromatic nitrogens is 1. The maximum absolute atomic E-state index is 13.1. The molecule has 0 saturated heterocycles. The van der Waals surface area contributed by atoms with Gasteiger partial charge in [-0.25, -0.2) is 14.1 Å². The minimum Gasteiger partial charge on any atom is -0.384 e. The third kappa shape index (κ3) is 3.87. The molecule has 0 aliphatic heterocycles. The number of hydrogen-bond donors (Lipinski definition) is 3. The minimum atomic E-state index is -3.48. The van der Waals surface area contributed by atoms with E-state index in [0.717, 1.165) is 44.2 Å². The summed E-state index contributed by atoms with van der Waals surface area (Å²) in [5.41, 5.74) is 5.45. The molecular weight excluding hydrogens is 400 g/mol. The van der Waals surface area contributed by atoms with Crippen LogP contribution in [0, 0.1) is 6.92 Å². The second kappa shape index (κ2) is 7.44. The molecule has 2 aromatic rings. The van der Waals surface area contributed by atoms with Crippen molar-refractivity contribution in [2.24, 2.45) is 9.50 Å². The largest absolute Gasteiger partial charge is 0.384 e. The first-order valence-electron chi connectivity index (χ1n) is 10.3. The van der Waals surface area contributed by atoms with Crippen LogP contribution in [0.15, 0.2) is 27.5 Å². The Hall–Kier alpha value is -2.29. The number of pyridine rings is 1. The van der Waals surface area contributed by atoms with Crippen molar-refractivity contribution in [1.29, 1.82) is 0 Å². The Morgan fingerprint density at radius 3 is 2.30 bits per heavy atom. The number of rotatable bonds is 3. The second-order valence-corrected chi connectivity index (χ2v) is 10.4. The maximum Gasteiger partial charge on any atom is 0.354 e. The SMILES string of the molecule is Cc1nc(C(C)(C)O)ccc1[S@@](N)(=O)=NC(=O)Nc1c2c(cc3c1CCC3)CCC2. The third-order valence-electron chi connectivity index (χ3n) is 5.90. The summed E-state index contributed by atoms with van der Waals surface area (Å²) >= 11 is 0. The molecular formula is C22H28N4O3S. The summed E-state index contributed by atoms with van der Waals surface area (Å²) in [5.74, 6) is 0. The molecule has 1 aromatic heterocycles. The third-order valence-corrected chi connectivity index (χ3v) is 7.40. The van der Waals surface area contributed by atoms with Crippen molar-refractivity contribution < 1.29 is 14.1 Å². The van der Waals surface area contributed by atoms with Crippen LogP contribution in [0.1, 0.15) is 60.3 Å². The zero-order valence-electron chi connectivity index (χ0n) is 17.6. The van der Waals surface area contributed by atoms with Crippen LogP contribution in [0.5, 0.6) is 0 Å². The number of nitrogens with one attached hydrogen (secondary N) is 1. The van der Waals surface area contributed by atoms with Crippen LogP contribution in [-0.2, 0) is 41.2 Å². The van der Waals surface area contributed by atoms with Crippen LogP contribution < -0.4 is 10.5 Å². The summed E-state index contributed by atoms with van der Waals surface area (Å²) in [5, 5.41) is 19.0. The fourth-order valence-electron chi connectivity index (χ4n) is 4.47. The van der Waals surface area contributed by atoms with Gasteiger partial charge in [-0.3, -0.25) is 4.98 Å². The van der Waals surface area contributed by atoms with Gasteiger partial charge < -0.3 is 10.4 Å². The molecule has 1 aromatic carbocycles. The van der Waals surface area contributed by atoms with E-state index in [1.54, 1.807) is 26.8 Å². The Morgan fingerprint density at radius 1 is 1.17 bits per heavy atom. The predicted molar refractivity (Wildman–Crippen MR) is 117 cm³/mol. The highest BCUT2D eigenvalue weighted by atomic mass is 32.2. The van der Waals surface area contributed by atoms with Gasteiger partial charge >= 0.3 is 6.03 Å². The zero-order chi connectivity index (χ0) is 21.7. The molecule has 160 valence electrons. The molecule has 4 rings (SSSR count). The van der Waals surface area contributed by atoms with Crippen molar-refractivity contribution in [1.82, 2.24) is 4.98 Å². The van der Waals surface area contributed by atoms with E-state index in [0.29, 0.717) is 11.4 Å². The van der Waals surface area contributed by atoms with Gasteiger partial charge in [-0.1, -0.05) is 6.07 Å². The van der Waals surface area contributed by atoms with E-state index in [9.17, 15) is 14.1 Å². The number of aryl methyl sites for hydroxylation is 3. The number of hydrogen-bond acceptors (Lipinski definition) is 4. The lowest BCUT2D eigenvalue weighted by atomic mass is 9.99. The van der Waals surface area contributed by atoms with E-state index in [1.807, 2.05) is 0 Å². The van der Waals surface area contributed by atoms with Crippen molar-refractivity contribution in [3.05, 3.63) is 51.8 Å². The van der Waals surface area contributed by atoms with E-state index in [1.165, 1.54) is 28.3 Å². The normalized spacial score (nSPS) is 17.2. The van der Waals surface area contributed by atoms with Gasteiger partial charge in [-0.15, -0.1) is 4.36 Å². The Labute approximate surface area is 177 Å². The lowest BCUT2D eigenvalue weighted by Gasteiger charge is -2.18. The van der Waals surface area contributed by atoms with Crippen LogP contribution >= 0.6 is 0 Å². The maximum atomic E-state index is 13.1. The van der Waals surface area contributed by atoms with Crippen molar-refractivity contribution in [2.45, 2.75) is 69.8 Å². The fourth-order valence-corrected chi connectivity index (χ4v) is 5.59. The molecule has 2 aliphatic carbocycles. The Bertz CT molecular complexity index is 1130. The lowest BCUT2D eigenvalue weighted by Crippen LogP contribution is -2.22. The van der Waals surface area contributed by atoms with Crippen LogP contribution in [0.3, 0.4) is 0 Å². The van der Waals surface area contributed by atoms with Crippen LogP contribution in [0.25, 0.3) is 0 Å². The predicted octanol–water partition coefficient (Wildman–Crippen LogP) is 3.53. The average molecular weight is 429 g/mol. The summed E-state index contributed by atoms with van der Waals surface area (Å²) in [7, 11) is -3.48. The Morgan fingerprint density at radius 2 is 1.77 bits per heavy atom. The molecule has 0 bridgehead atoms. The smallest absolute Gasteiger partial charge is 0.354 e. The number of carbonyl (C=O) groups excluding carboxylic acids is 1. The number of carbonyl (C=O) groups is 1. The molecule has 1 atom stereocenters. The summed E-state index contributed by atoms with van der Waals surface area (Å²) in [6, 6.07) is 4.65. The van der Waals surface area contributed by atoms with Gasteiger partial charge in [0.2, 0.25) is 0 Å². The van der Waals surface area contributed by atoms with Crippen molar-refractivity contribution >= 4 is 21.6 Å². The van der Waals surface area contributed by atoms with Crippen LogP contribution in [0.4, 0.5) is 10.5 Å². The van der Waals surface area contributed by atoms with E-state index in [-0.39, 0.29) is 4.90 Å². The number of nitrogens with zero attached hydrogens (tertiary/aromatic N) is 2. The van der Waals surface area contributed by atoms with Gasteiger partial charge in [-0.2, -0.15) is 0 Å². The monoisotopic (exact) mass is 428 g/mol. The van der Waals surface area contributed by atoms with Gasteiger partial charge in [0.1, 0.15) is 15.5 Å². The Kier molecular flexibility index (Phi) is 5.20. The van der Waals surface area contributed by atoms with Crippen LogP contribution in [-0.4, -0.2) is 20.3 Å². The summed E-state index contributed by atoms with van der Waals surface area (Å²) < 4.78 is 16.9. The molecule has 4 N–H and O–H groups in total. The first-order valence-corrected chi connectivity index (χ1v) is 11.9. The van der Waals surface area contributed by atoms with E-state index >= 15 is 0 Å². The molecule has 0 saturated carbocycles. The first kappa shape index (κ1) is 21.0. The highest BCUT2D eigenvalue weighted by Crippen LogP contribution is 2.38. The fraction of sp³-hybridized carbons (Fsp3) is 0.455. The molecule has 30 heavy (non-hydrogen) atoms. The highest BCUT2D eigenvalue weighted by molar-refractivity contribution is 7.91. The highest BCUT2D eigenvalue weighted by Gasteiger charge is 2.26. The van der Waals surface area contributed by atoms with E-state index < -0.39 is 21.5 Å². The Balaban J connectivity index is 1.67. The van der Waals surface area contributed by atoms with E-state index in [4.69, 9.17) is 5.14 Å². The standard InChI is InChI=1S/C22H28N4O3S/c1-13-18(10-11-19(24-13)22(2,3)28)30(23,29)26-21(27)25-20-16-8-4-6-14(16)12-15-7-5-9-17(15)20/h10-12,28H,4-9H2,1-3H3,(H3,23,25,26,27,29)/t30-/m0/s1. The first-order chi connectivity index (χ1) is 14.1. The quantitative estimate of drug-likeness (QED) is 0.693.